The molecule has 128 valence electrons. The van der Waals surface area contributed by atoms with Gasteiger partial charge in [0.2, 0.25) is 0 Å². The summed E-state index contributed by atoms with van der Waals surface area (Å²) in [6.07, 6.45) is -2.27. The highest BCUT2D eigenvalue weighted by molar-refractivity contribution is 6.83. The molecule has 0 aliphatic carbocycles. The van der Waals surface area contributed by atoms with E-state index in [1.165, 1.54) is 12.1 Å². The van der Waals surface area contributed by atoms with Gasteiger partial charge in [0.05, 0.1) is 5.56 Å². The molecule has 1 heterocycles. The van der Waals surface area contributed by atoms with E-state index in [-0.39, 0.29) is 6.85 Å². The van der Waals surface area contributed by atoms with Crippen molar-refractivity contribution in [1.29, 1.82) is 0 Å². The van der Waals surface area contributed by atoms with Crippen LogP contribution in [0.2, 0.25) is 0 Å². The first-order valence-corrected chi connectivity index (χ1v) is 8.33. The molecule has 1 aliphatic rings. The van der Waals surface area contributed by atoms with Gasteiger partial charge in [-0.2, -0.15) is 13.2 Å². The van der Waals surface area contributed by atoms with Crippen molar-refractivity contribution < 1.29 is 13.2 Å². The predicted octanol–water partition coefficient (Wildman–Crippen LogP) is 5.31. The average molecular weight is 349 g/mol. The number of benzene rings is 3. The van der Waals surface area contributed by atoms with Crippen LogP contribution in [-0.2, 0) is 6.18 Å². The van der Waals surface area contributed by atoms with Crippen LogP contribution in [0, 0.1) is 0 Å². The van der Waals surface area contributed by atoms with Gasteiger partial charge in [0, 0.05) is 11.4 Å². The van der Waals surface area contributed by atoms with Gasteiger partial charge in [-0.1, -0.05) is 66.0 Å². The van der Waals surface area contributed by atoms with Crippen molar-refractivity contribution >= 4 is 29.8 Å². The Kier molecular flexibility index (Phi) is 4.07. The fraction of sp³-hybridized carbons (Fsp3) is 0.0476. The Balaban J connectivity index is 1.82. The lowest BCUT2D eigenvalue weighted by molar-refractivity contribution is -0.137. The molecule has 0 N–H and O–H groups in total. The predicted molar refractivity (Wildman–Crippen MR) is 101 cm³/mol. The monoisotopic (exact) mass is 349 g/mol. The number of nitrogens with zero attached hydrogens (tertiary/aromatic N) is 1. The molecule has 26 heavy (non-hydrogen) atoms. The molecular weight excluding hydrogens is 334 g/mol. The zero-order valence-electron chi connectivity index (χ0n) is 13.8. The summed E-state index contributed by atoms with van der Waals surface area (Å²) >= 11 is 0. The molecule has 5 heteroatoms. The third-order valence-corrected chi connectivity index (χ3v) is 4.55. The van der Waals surface area contributed by atoms with Crippen LogP contribution in [0.3, 0.4) is 0 Å². The molecule has 0 saturated heterocycles. The zero-order valence-corrected chi connectivity index (χ0v) is 13.8. The first-order valence-electron chi connectivity index (χ1n) is 8.33. The van der Waals surface area contributed by atoms with Gasteiger partial charge in [-0.25, -0.2) is 0 Å². The summed E-state index contributed by atoms with van der Waals surface area (Å²) in [5, 5.41) is 0. The van der Waals surface area contributed by atoms with Crippen LogP contribution in [0.4, 0.5) is 24.5 Å². The Labute approximate surface area is 150 Å². The average Bonchev–Trinajstić information content (AvgIpc) is 2.67. The Bertz CT molecular complexity index is 933. The van der Waals surface area contributed by atoms with Gasteiger partial charge in [-0.05, 0) is 35.9 Å². The van der Waals surface area contributed by atoms with E-state index < -0.39 is 11.7 Å². The number of alkyl halides is 3. The van der Waals surface area contributed by atoms with Crippen LogP contribution in [0.5, 0.6) is 0 Å². The molecule has 0 unspecified atom stereocenters. The van der Waals surface area contributed by atoms with Crippen molar-refractivity contribution in [2.24, 2.45) is 0 Å². The minimum Gasteiger partial charge on any atom is -0.377 e. The molecule has 0 saturated carbocycles. The maximum absolute atomic E-state index is 12.9. The van der Waals surface area contributed by atoms with Crippen LogP contribution in [0.15, 0.2) is 84.8 Å². The third-order valence-electron chi connectivity index (χ3n) is 4.55. The van der Waals surface area contributed by atoms with Crippen LogP contribution in [0.25, 0.3) is 6.08 Å². The summed E-state index contributed by atoms with van der Waals surface area (Å²) in [4.78, 5) is 2.07. The van der Waals surface area contributed by atoms with Crippen LogP contribution < -0.4 is 10.3 Å². The minimum atomic E-state index is -4.34. The van der Waals surface area contributed by atoms with Crippen molar-refractivity contribution in [3.05, 3.63) is 96.0 Å². The summed E-state index contributed by atoms with van der Waals surface area (Å²) < 4.78 is 38.8. The largest absolute Gasteiger partial charge is 0.416 e. The van der Waals surface area contributed by atoms with Gasteiger partial charge >= 0.3 is 13.0 Å². The minimum absolute atomic E-state index is 0.0807. The van der Waals surface area contributed by atoms with Gasteiger partial charge in [-0.3, -0.25) is 0 Å². The van der Waals surface area contributed by atoms with Gasteiger partial charge in [0.1, 0.15) is 0 Å². The molecular formula is C21H15BF3N. The number of fused-ring (bicyclic) bond motifs is 1. The van der Waals surface area contributed by atoms with E-state index in [9.17, 15) is 13.2 Å². The fourth-order valence-electron chi connectivity index (χ4n) is 3.30. The van der Waals surface area contributed by atoms with E-state index in [2.05, 4.69) is 16.9 Å². The summed E-state index contributed by atoms with van der Waals surface area (Å²) in [6, 6.07) is 23.2. The Morgan fingerprint density at radius 2 is 1.38 bits per heavy atom. The number of hydrogen-bond acceptors (Lipinski definition) is 1. The van der Waals surface area contributed by atoms with E-state index in [4.69, 9.17) is 0 Å². The number of halogens is 3. The van der Waals surface area contributed by atoms with Crippen molar-refractivity contribution in [2.75, 3.05) is 4.81 Å². The zero-order chi connectivity index (χ0) is 18.1. The Hall–Kier alpha value is -2.95. The molecule has 4 rings (SSSR count). The van der Waals surface area contributed by atoms with E-state index in [0.29, 0.717) is 0 Å². The van der Waals surface area contributed by atoms with Gasteiger partial charge in [0.25, 0.3) is 0 Å². The molecule has 0 fully saturated rings. The summed E-state index contributed by atoms with van der Waals surface area (Å²) in [7, 11) is 0. The number of anilines is 2. The smallest absolute Gasteiger partial charge is 0.377 e. The van der Waals surface area contributed by atoms with Gasteiger partial charge < -0.3 is 4.81 Å². The highest BCUT2D eigenvalue weighted by atomic mass is 19.4. The van der Waals surface area contributed by atoms with Crippen LogP contribution in [0.1, 0.15) is 11.1 Å². The first-order chi connectivity index (χ1) is 12.5. The number of rotatable bonds is 2. The topological polar surface area (TPSA) is 3.24 Å². The molecule has 0 spiro atoms. The summed E-state index contributed by atoms with van der Waals surface area (Å²) in [5.74, 6) is 2.08. The van der Waals surface area contributed by atoms with Crippen molar-refractivity contribution in [2.45, 2.75) is 6.18 Å². The van der Waals surface area contributed by atoms with Crippen molar-refractivity contribution in [1.82, 2.24) is 0 Å². The number of para-hydroxylation sites is 1. The van der Waals surface area contributed by atoms with Crippen LogP contribution in [-0.4, -0.2) is 6.85 Å². The molecule has 0 radical (unpaired) electrons. The van der Waals surface area contributed by atoms with Crippen LogP contribution >= 0.6 is 0 Å². The number of hydrogen-bond donors (Lipinski definition) is 0. The molecule has 0 amide bonds. The SMILES string of the molecule is FC(F)(F)c1ccc(N2B(c3ccccc3)C=Cc3ccccc32)cc1. The van der Waals surface area contributed by atoms with E-state index in [1.54, 1.807) is 0 Å². The maximum atomic E-state index is 12.9. The molecule has 1 aliphatic heterocycles. The Morgan fingerprint density at radius 1 is 0.731 bits per heavy atom. The second-order valence-electron chi connectivity index (χ2n) is 6.19. The third kappa shape index (κ3) is 3.01. The van der Waals surface area contributed by atoms with E-state index in [1.807, 2.05) is 54.6 Å². The highest BCUT2D eigenvalue weighted by Crippen LogP contribution is 2.36. The lowest BCUT2D eigenvalue weighted by Crippen LogP contribution is -2.46. The standard InChI is InChI=1S/C21H15BF3N/c23-21(24,25)17-10-12-19(13-11-17)26-20-9-5-4-6-16(20)14-15-22(26)18-7-2-1-3-8-18/h1-15H. The van der Waals surface area contributed by atoms with Gasteiger partial charge in [-0.15, -0.1) is 0 Å². The van der Waals surface area contributed by atoms with Gasteiger partial charge in [0.15, 0.2) is 0 Å². The highest BCUT2D eigenvalue weighted by Gasteiger charge is 2.32. The van der Waals surface area contributed by atoms with E-state index in [0.717, 1.165) is 34.5 Å². The molecule has 1 nitrogen and oxygen atoms in total. The second kappa shape index (κ2) is 6.41. The summed E-state index contributed by atoms with van der Waals surface area (Å²) in [6.45, 7) is -0.0807. The quantitative estimate of drug-likeness (QED) is 0.567. The van der Waals surface area contributed by atoms with Crippen molar-refractivity contribution in [3.8, 4) is 0 Å². The lowest BCUT2D eigenvalue weighted by atomic mass is 9.52. The Morgan fingerprint density at radius 3 is 2.08 bits per heavy atom. The molecule has 3 aromatic rings. The van der Waals surface area contributed by atoms with E-state index >= 15 is 0 Å². The second-order valence-corrected chi connectivity index (χ2v) is 6.19. The summed E-state index contributed by atoms with van der Waals surface area (Å²) in [5.41, 5.74) is 3.18. The van der Waals surface area contributed by atoms with Crippen molar-refractivity contribution in [3.63, 3.8) is 0 Å². The maximum Gasteiger partial charge on any atom is 0.416 e. The molecule has 3 aromatic carbocycles. The molecule has 0 bridgehead atoms. The molecule has 0 atom stereocenters. The lowest BCUT2D eigenvalue weighted by Gasteiger charge is -2.34. The normalized spacial score (nSPS) is 13.7. The molecule has 0 aromatic heterocycles. The fourth-order valence-corrected chi connectivity index (χ4v) is 3.30. The first kappa shape index (κ1) is 16.5.